The quantitative estimate of drug-likeness (QED) is 0.241. The SMILES string of the molecule is COc1ccc(C2=N[C@H](c3ccccc3)[C@H]([C@@H](N=[N+]=[N-])c3ccccc3)OC2=O)cc1. The Labute approximate surface area is 179 Å². The molecule has 7 nitrogen and oxygen atoms in total. The van der Waals surface area contributed by atoms with Crippen LogP contribution in [0.15, 0.2) is 95.0 Å². The van der Waals surface area contributed by atoms with Gasteiger partial charge in [0.2, 0.25) is 0 Å². The third-order valence-corrected chi connectivity index (χ3v) is 5.15. The molecule has 0 bridgehead atoms. The van der Waals surface area contributed by atoms with Gasteiger partial charge in [-0.2, -0.15) is 0 Å². The Morgan fingerprint density at radius 3 is 2.26 bits per heavy atom. The summed E-state index contributed by atoms with van der Waals surface area (Å²) < 4.78 is 11.1. The molecule has 0 saturated heterocycles. The maximum Gasteiger partial charge on any atom is 0.357 e. The van der Waals surface area contributed by atoms with Crippen molar-refractivity contribution in [1.82, 2.24) is 0 Å². The summed E-state index contributed by atoms with van der Waals surface area (Å²) >= 11 is 0. The van der Waals surface area contributed by atoms with Crippen LogP contribution in [-0.2, 0) is 9.53 Å². The lowest BCUT2D eigenvalue weighted by molar-refractivity contribution is -0.144. The van der Waals surface area contributed by atoms with Gasteiger partial charge < -0.3 is 9.47 Å². The second kappa shape index (κ2) is 9.15. The van der Waals surface area contributed by atoms with Gasteiger partial charge in [0, 0.05) is 10.5 Å². The number of carbonyl (C=O) groups excluding carboxylic acids is 1. The molecule has 1 heterocycles. The summed E-state index contributed by atoms with van der Waals surface area (Å²) in [5.74, 6) is 0.120. The Morgan fingerprint density at radius 2 is 1.65 bits per heavy atom. The van der Waals surface area contributed by atoms with Crippen LogP contribution >= 0.6 is 0 Å². The lowest BCUT2D eigenvalue weighted by Gasteiger charge is -2.33. The first-order valence-electron chi connectivity index (χ1n) is 9.78. The molecular weight excluding hydrogens is 392 g/mol. The first kappa shape index (κ1) is 20.2. The highest BCUT2D eigenvalue weighted by atomic mass is 16.5. The van der Waals surface area contributed by atoms with E-state index in [1.807, 2.05) is 60.7 Å². The maximum atomic E-state index is 13.0. The van der Waals surface area contributed by atoms with Crippen LogP contribution in [0.25, 0.3) is 10.4 Å². The fourth-order valence-electron chi connectivity index (χ4n) is 3.63. The van der Waals surface area contributed by atoms with Crippen molar-refractivity contribution in [3.63, 3.8) is 0 Å². The summed E-state index contributed by atoms with van der Waals surface area (Å²) in [6, 6.07) is 24.6. The highest BCUT2D eigenvalue weighted by Gasteiger charge is 2.40. The molecule has 0 aromatic heterocycles. The second-order valence-electron chi connectivity index (χ2n) is 6.99. The van der Waals surface area contributed by atoms with Crippen molar-refractivity contribution in [3.8, 4) is 5.75 Å². The molecule has 3 aromatic carbocycles. The summed E-state index contributed by atoms with van der Waals surface area (Å²) in [6.07, 6.45) is -0.782. The summed E-state index contributed by atoms with van der Waals surface area (Å²) in [6.45, 7) is 0. The van der Waals surface area contributed by atoms with Gasteiger partial charge in [0.1, 0.15) is 23.9 Å². The lowest BCUT2D eigenvalue weighted by Crippen LogP contribution is -2.38. The molecule has 1 aliphatic heterocycles. The third-order valence-electron chi connectivity index (χ3n) is 5.15. The number of hydrogen-bond acceptors (Lipinski definition) is 5. The molecule has 0 amide bonds. The monoisotopic (exact) mass is 412 g/mol. The molecule has 0 spiro atoms. The van der Waals surface area contributed by atoms with Gasteiger partial charge in [-0.1, -0.05) is 65.8 Å². The first-order valence-corrected chi connectivity index (χ1v) is 9.78. The standard InChI is InChI=1S/C24H20N4O3/c1-30-19-14-12-18(13-15-19)22-24(29)31-23(20(26-22)16-8-4-2-5-9-16)21(27-28-25)17-10-6-3-7-11-17/h2-15,20-21,23H,1H3/t20-,21+,23-/m1/s1. The molecular formula is C24H20N4O3. The number of ether oxygens (including phenoxy) is 2. The lowest BCUT2D eigenvalue weighted by atomic mass is 9.91. The smallest absolute Gasteiger partial charge is 0.357 e. The first-order chi connectivity index (χ1) is 15.2. The van der Waals surface area contributed by atoms with Crippen LogP contribution in [0.5, 0.6) is 5.75 Å². The van der Waals surface area contributed by atoms with E-state index in [-0.39, 0.29) is 5.71 Å². The van der Waals surface area contributed by atoms with Crippen molar-refractivity contribution in [2.24, 2.45) is 10.1 Å². The van der Waals surface area contributed by atoms with Gasteiger partial charge in [-0.25, -0.2) is 4.79 Å². The summed E-state index contributed by atoms with van der Waals surface area (Å²) in [7, 11) is 1.58. The Kier molecular flexibility index (Phi) is 5.96. The number of methoxy groups -OCH3 is 1. The predicted molar refractivity (Wildman–Crippen MR) is 117 cm³/mol. The van der Waals surface area contributed by atoms with Gasteiger partial charge in [-0.15, -0.1) is 0 Å². The maximum absolute atomic E-state index is 13.0. The van der Waals surface area contributed by atoms with Crippen LogP contribution in [0.3, 0.4) is 0 Å². The Hall–Kier alpha value is -4.09. The van der Waals surface area contributed by atoms with Gasteiger partial charge >= 0.3 is 5.97 Å². The van der Waals surface area contributed by atoms with Crippen LogP contribution in [0.4, 0.5) is 0 Å². The summed E-state index contributed by atoms with van der Waals surface area (Å²) in [5.41, 5.74) is 11.7. The number of nitrogens with zero attached hydrogens (tertiary/aromatic N) is 4. The van der Waals surface area contributed by atoms with Crippen molar-refractivity contribution in [2.75, 3.05) is 7.11 Å². The van der Waals surface area contributed by atoms with Crippen LogP contribution in [0.1, 0.15) is 28.8 Å². The van der Waals surface area contributed by atoms with E-state index in [0.29, 0.717) is 11.3 Å². The topological polar surface area (TPSA) is 96.7 Å². The number of rotatable bonds is 6. The normalized spacial score (nSPS) is 18.9. The van der Waals surface area contributed by atoms with Gasteiger partial charge in [0.15, 0.2) is 5.71 Å². The number of carbonyl (C=O) groups is 1. The van der Waals surface area contributed by atoms with E-state index in [1.165, 1.54) is 0 Å². The van der Waals surface area contributed by atoms with E-state index in [1.54, 1.807) is 31.4 Å². The Morgan fingerprint density at radius 1 is 1.00 bits per heavy atom. The molecule has 0 aliphatic carbocycles. The largest absolute Gasteiger partial charge is 0.497 e. The number of benzene rings is 3. The molecule has 0 saturated carbocycles. The molecule has 0 radical (unpaired) electrons. The second-order valence-corrected chi connectivity index (χ2v) is 6.99. The molecule has 4 rings (SSSR count). The average Bonchev–Trinajstić information content (AvgIpc) is 2.83. The zero-order valence-corrected chi connectivity index (χ0v) is 16.8. The number of cyclic esters (lactones) is 1. The minimum absolute atomic E-state index is 0.223. The van der Waals surface area contributed by atoms with E-state index in [2.05, 4.69) is 10.0 Å². The minimum atomic E-state index is -0.782. The molecule has 3 aromatic rings. The summed E-state index contributed by atoms with van der Waals surface area (Å²) in [4.78, 5) is 20.8. The highest BCUT2D eigenvalue weighted by molar-refractivity contribution is 6.43. The number of esters is 1. The molecule has 154 valence electrons. The van der Waals surface area contributed by atoms with Gasteiger partial charge in [0.25, 0.3) is 0 Å². The minimum Gasteiger partial charge on any atom is -0.497 e. The third kappa shape index (κ3) is 4.27. The molecule has 31 heavy (non-hydrogen) atoms. The van der Waals surface area contributed by atoms with Crippen molar-refractivity contribution >= 4 is 11.7 Å². The van der Waals surface area contributed by atoms with E-state index < -0.39 is 24.2 Å². The van der Waals surface area contributed by atoms with Crippen LogP contribution in [0.2, 0.25) is 0 Å². The van der Waals surface area contributed by atoms with Crippen LogP contribution in [0, 0.1) is 0 Å². The van der Waals surface area contributed by atoms with Crippen LogP contribution < -0.4 is 4.74 Å². The zero-order valence-electron chi connectivity index (χ0n) is 16.8. The van der Waals surface area contributed by atoms with Gasteiger partial charge in [0.05, 0.1) is 7.11 Å². The fourth-order valence-corrected chi connectivity index (χ4v) is 3.63. The van der Waals surface area contributed by atoms with E-state index in [4.69, 9.17) is 14.5 Å². The van der Waals surface area contributed by atoms with Crippen molar-refractivity contribution in [1.29, 1.82) is 0 Å². The molecule has 7 heteroatoms. The van der Waals surface area contributed by atoms with Crippen molar-refractivity contribution in [2.45, 2.75) is 18.2 Å². The van der Waals surface area contributed by atoms with Gasteiger partial charge in [-0.05, 0) is 40.9 Å². The Balaban J connectivity index is 1.81. The number of azide groups is 1. The molecule has 0 unspecified atom stereocenters. The molecule has 1 aliphatic rings. The molecule has 0 fully saturated rings. The zero-order chi connectivity index (χ0) is 21.6. The van der Waals surface area contributed by atoms with Crippen LogP contribution in [-0.4, -0.2) is 24.9 Å². The summed E-state index contributed by atoms with van der Waals surface area (Å²) in [5, 5.41) is 3.97. The van der Waals surface area contributed by atoms with E-state index >= 15 is 0 Å². The molecule has 0 N–H and O–H groups in total. The fraction of sp³-hybridized carbons (Fsp3) is 0.167. The van der Waals surface area contributed by atoms with Crippen molar-refractivity contribution in [3.05, 3.63) is 112 Å². The Bertz CT molecular complexity index is 1120. The van der Waals surface area contributed by atoms with Gasteiger partial charge in [-0.3, -0.25) is 4.99 Å². The van der Waals surface area contributed by atoms with Crippen molar-refractivity contribution < 1.29 is 14.3 Å². The van der Waals surface area contributed by atoms with E-state index in [9.17, 15) is 10.3 Å². The average molecular weight is 412 g/mol. The molecule has 3 atom stereocenters. The number of hydrogen-bond donors (Lipinski definition) is 0. The number of aliphatic imine (C=N–C) groups is 1. The highest BCUT2D eigenvalue weighted by Crippen LogP contribution is 2.38. The predicted octanol–water partition coefficient (Wildman–Crippen LogP) is 5.20. The van der Waals surface area contributed by atoms with E-state index in [0.717, 1.165) is 11.1 Å².